The van der Waals surface area contributed by atoms with Gasteiger partial charge in [-0.3, -0.25) is 0 Å². The number of para-hydroxylation sites is 2. The summed E-state index contributed by atoms with van der Waals surface area (Å²) in [6, 6.07) is 6.88. The normalized spacial score (nSPS) is 23.0. The van der Waals surface area contributed by atoms with Gasteiger partial charge in [-0.05, 0) is 18.9 Å². The van der Waals surface area contributed by atoms with Crippen LogP contribution in [0.2, 0.25) is 0 Å². The van der Waals surface area contributed by atoms with Crippen LogP contribution in [0.5, 0.6) is 0 Å². The fraction of sp³-hybridized carbons (Fsp3) is 0.333. The fourth-order valence-corrected chi connectivity index (χ4v) is 3.79. The Hall–Kier alpha value is -0.880. The first-order valence-electron chi connectivity index (χ1n) is 5.67. The molecule has 1 aliphatic rings. The van der Waals surface area contributed by atoms with Gasteiger partial charge in [-0.15, -0.1) is 0 Å². The van der Waals surface area contributed by atoms with Crippen LogP contribution in [0.3, 0.4) is 0 Å². The lowest BCUT2D eigenvalue weighted by Crippen LogP contribution is -2.31. The van der Waals surface area contributed by atoms with E-state index < -0.39 is 0 Å². The molecule has 1 aliphatic carbocycles. The number of nitrogens with zero attached hydrogens (tertiary/aromatic N) is 2. The molecule has 0 N–H and O–H groups in total. The van der Waals surface area contributed by atoms with Crippen molar-refractivity contribution in [2.75, 3.05) is 0 Å². The summed E-state index contributed by atoms with van der Waals surface area (Å²) in [6.45, 7) is 0. The highest BCUT2D eigenvalue weighted by Crippen LogP contribution is 2.43. The highest BCUT2D eigenvalue weighted by Gasteiger charge is 2.35. The molecule has 4 nitrogen and oxygen atoms in total. The van der Waals surface area contributed by atoms with Gasteiger partial charge in [-0.25, -0.2) is 0 Å². The highest BCUT2D eigenvalue weighted by atomic mass is 79.9. The van der Waals surface area contributed by atoms with Crippen LogP contribution in [-0.2, 0) is 0 Å². The average Bonchev–Trinajstić information content (AvgIpc) is 2.38. The Kier molecular flexibility index (Phi) is 2.94. The molecule has 0 saturated heterocycles. The number of halogens is 2. The Balaban J connectivity index is 2.50. The molecule has 0 bridgehead atoms. The van der Waals surface area contributed by atoms with Crippen LogP contribution < -0.4 is 4.43 Å². The molecule has 2 atom stereocenters. The van der Waals surface area contributed by atoms with Gasteiger partial charge >= 0.3 is 0 Å². The van der Waals surface area contributed by atoms with E-state index in [1.165, 1.54) is 0 Å². The molecule has 0 spiro atoms. The van der Waals surface area contributed by atoms with Crippen molar-refractivity contribution in [3.8, 4) is 0 Å². The van der Waals surface area contributed by atoms with Crippen molar-refractivity contribution in [1.82, 2.24) is 4.73 Å². The van der Waals surface area contributed by atoms with Crippen LogP contribution in [0.15, 0.2) is 24.3 Å². The predicted octanol–water partition coefficient (Wildman–Crippen LogP) is 3.57. The molecular formula is C12H10Br2N2O2. The van der Waals surface area contributed by atoms with E-state index in [0.29, 0.717) is 22.4 Å². The monoisotopic (exact) mass is 372 g/mol. The van der Waals surface area contributed by atoms with Crippen molar-refractivity contribution < 1.29 is 4.43 Å². The summed E-state index contributed by atoms with van der Waals surface area (Å²) in [7, 11) is 0. The van der Waals surface area contributed by atoms with Gasteiger partial charge in [0, 0.05) is 11.0 Å². The van der Waals surface area contributed by atoms with Gasteiger partial charge < -0.3 is 9.94 Å². The molecular weight excluding hydrogens is 364 g/mol. The summed E-state index contributed by atoms with van der Waals surface area (Å²) in [5.41, 5.74) is 1.88. The second-order valence-electron chi connectivity index (χ2n) is 4.36. The molecule has 6 heteroatoms. The number of aromatic nitrogens is 2. The minimum atomic E-state index is -0.0661. The third-order valence-electron chi connectivity index (χ3n) is 3.29. The van der Waals surface area contributed by atoms with E-state index in [0.717, 1.165) is 22.0 Å². The average molecular weight is 374 g/mol. The Morgan fingerprint density at radius 2 is 1.89 bits per heavy atom. The van der Waals surface area contributed by atoms with E-state index in [4.69, 9.17) is 0 Å². The van der Waals surface area contributed by atoms with Crippen molar-refractivity contribution in [3.63, 3.8) is 0 Å². The fourth-order valence-electron chi connectivity index (χ4n) is 2.42. The molecule has 1 aromatic heterocycles. The summed E-state index contributed by atoms with van der Waals surface area (Å²) >= 11 is 6.98. The van der Waals surface area contributed by atoms with Crippen LogP contribution in [0.25, 0.3) is 11.0 Å². The van der Waals surface area contributed by atoms with Crippen molar-refractivity contribution in [2.45, 2.75) is 22.5 Å². The Morgan fingerprint density at radius 3 is 2.67 bits per heavy atom. The van der Waals surface area contributed by atoms with Crippen LogP contribution in [0.1, 0.15) is 33.9 Å². The van der Waals surface area contributed by atoms with Gasteiger partial charge in [0.2, 0.25) is 0 Å². The van der Waals surface area contributed by atoms with Gasteiger partial charge in [0.1, 0.15) is 16.0 Å². The molecule has 1 aromatic carbocycles. The zero-order valence-electron chi connectivity index (χ0n) is 9.35. The van der Waals surface area contributed by atoms with Crippen LogP contribution in [0, 0.1) is 10.1 Å². The maximum absolute atomic E-state index is 12.4. The number of benzene rings is 1. The van der Waals surface area contributed by atoms with Crippen molar-refractivity contribution in [2.24, 2.45) is 0 Å². The molecule has 0 saturated carbocycles. The first-order valence-corrected chi connectivity index (χ1v) is 7.50. The van der Waals surface area contributed by atoms with Gasteiger partial charge in [0.25, 0.3) is 11.2 Å². The van der Waals surface area contributed by atoms with Crippen molar-refractivity contribution >= 4 is 42.9 Å². The Bertz CT molecular complexity index is 684. The van der Waals surface area contributed by atoms with Crippen LogP contribution in [0.4, 0.5) is 0 Å². The second-order valence-corrected chi connectivity index (χ2v) is 6.57. The number of hydrogen-bond acceptors (Lipinski definition) is 2. The largest absolute Gasteiger partial charge is 0.805 e. The highest BCUT2D eigenvalue weighted by molar-refractivity contribution is 9.09. The summed E-state index contributed by atoms with van der Waals surface area (Å²) in [5, 5.41) is 12.4. The summed E-state index contributed by atoms with van der Waals surface area (Å²) in [4.78, 5) is 12.3. The lowest BCUT2D eigenvalue weighted by atomic mass is 9.99. The summed E-state index contributed by atoms with van der Waals surface area (Å²) < 4.78 is 1.76. The molecule has 0 amide bonds. The molecule has 0 unspecified atom stereocenters. The topological polar surface area (TPSA) is 51.0 Å². The summed E-state index contributed by atoms with van der Waals surface area (Å²) in [5.74, 6) is 0. The zero-order valence-corrected chi connectivity index (χ0v) is 12.5. The number of rotatable bonds is 0. The minimum absolute atomic E-state index is 0.0661. The van der Waals surface area contributed by atoms with E-state index in [2.05, 4.69) is 31.9 Å². The smallest absolute Gasteiger partial charge is 0.286 e. The molecule has 18 heavy (non-hydrogen) atoms. The van der Waals surface area contributed by atoms with E-state index >= 15 is 0 Å². The van der Waals surface area contributed by atoms with Gasteiger partial charge in [-0.1, -0.05) is 44.0 Å². The van der Waals surface area contributed by atoms with Crippen LogP contribution >= 0.6 is 31.9 Å². The quantitative estimate of drug-likeness (QED) is 0.523. The van der Waals surface area contributed by atoms with Gasteiger partial charge in [-0.2, -0.15) is 0 Å². The first-order chi connectivity index (χ1) is 8.61. The zero-order chi connectivity index (χ0) is 12.9. The standard InChI is InChI=1S/C12H10Br2N2O2/c13-7-5-6-8(14)12-11(7)15(17)9-3-1-2-4-10(9)16(12)18/h1-4,7-8H,5-6H2/t7-,8-/m1/s1. The van der Waals surface area contributed by atoms with Gasteiger partial charge in [0.05, 0.1) is 9.25 Å². The number of fused-ring (bicyclic) bond motifs is 2. The van der Waals surface area contributed by atoms with Crippen molar-refractivity contribution in [1.29, 1.82) is 0 Å². The molecule has 1 heterocycles. The third kappa shape index (κ3) is 1.62. The number of hydrogen-bond donors (Lipinski definition) is 0. The lowest BCUT2D eigenvalue weighted by Gasteiger charge is -2.27. The maximum Gasteiger partial charge on any atom is 0.286 e. The van der Waals surface area contributed by atoms with E-state index in [-0.39, 0.29) is 9.65 Å². The van der Waals surface area contributed by atoms with Crippen molar-refractivity contribution in [3.05, 3.63) is 45.8 Å². The number of alkyl halides is 2. The first kappa shape index (κ1) is 12.2. The lowest BCUT2D eigenvalue weighted by molar-refractivity contribution is -0.476. The van der Waals surface area contributed by atoms with E-state index in [1.54, 1.807) is 24.3 Å². The molecule has 2 aromatic rings. The van der Waals surface area contributed by atoms with Crippen LogP contribution in [-0.4, -0.2) is 4.73 Å². The molecule has 0 fully saturated rings. The maximum atomic E-state index is 12.4. The molecule has 3 rings (SSSR count). The molecule has 0 aliphatic heterocycles. The van der Waals surface area contributed by atoms with E-state index in [1.807, 2.05) is 0 Å². The summed E-state index contributed by atoms with van der Waals surface area (Å²) in [6.07, 6.45) is 1.67. The third-order valence-corrected chi connectivity index (χ3v) is 5.07. The molecule has 94 valence electrons. The second kappa shape index (κ2) is 4.35. The predicted molar refractivity (Wildman–Crippen MR) is 76.6 cm³/mol. The van der Waals surface area contributed by atoms with E-state index in [9.17, 15) is 10.1 Å². The SMILES string of the molecule is O=[n+]1c2c(n([O-])c3ccccc31)[C@H](Br)CC[C@H]2Br. The van der Waals surface area contributed by atoms with Gasteiger partial charge in [0.15, 0.2) is 0 Å². The Labute approximate surface area is 120 Å². The molecule has 0 radical (unpaired) electrons. The minimum Gasteiger partial charge on any atom is -0.805 e. The Morgan fingerprint density at radius 1 is 1.22 bits per heavy atom.